The largest absolute Gasteiger partial charge is 0.411 e. The van der Waals surface area contributed by atoms with Gasteiger partial charge in [-0.25, -0.2) is 9.97 Å². The zero-order valence-electron chi connectivity index (χ0n) is 14.6. The first-order valence-electron chi connectivity index (χ1n) is 8.29. The minimum Gasteiger partial charge on any atom is -0.383 e. The fourth-order valence-corrected chi connectivity index (χ4v) is 2.45. The van der Waals surface area contributed by atoms with Gasteiger partial charge in [-0.1, -0.05) is 5.16 Å². The van der Waals surface area contributed by atoms with Gasteiger partial charge < -0.3 is 20.0 Å². The predicted octanol–water partition coefficient (Wildman–Crippen LogP) is 4.20. The van der Waals surface area contributed by atoms with E-state index in [1.807, 2.05) is 12.3 Å². The van der Waals surface area contributed by atoms with Gasteiger partial charge >= 0.3 is 12.4 Å². The maximum absolute atomic E-state index is 11.1. The summed E-state index contributed by atoms with van der Waals surface area (Å²) in [7, 11) is 0. The van der Waals surface area contributed by atoms with Crippen molar-refractivity contribution in [2.24, 2.45) is 0 Å². The molecule has 1 aliphatic rings. The second-order valence-corrected chi connectivity index (χ2v) is 6.30. The van der Waals surface area contributed by atoms with Crippen molar-refractivity contribution in [2.75, 3.05) is 18.9 Å². The molecule has 0 aliphatic heterocycles. The summed E-state index contributed by atoms with van der Waals surface area (Å²) in [4.78, 5) is 11.2. The summed E-state index contributed by atoms with van der Waals surface area (Å²) in [6.07, 6.45) is -3.75. The van der Waals surface area contributed by atoms with Crippen molar-refractivity contribution in [3.8, 4) is 11.3 Å². The van der Waals surface area contributed by atoms with Gasteiger partial charge in [0.1, 0.15) is 42.5 Å². The Morgan fingerprint density at radius 3 is 2.34 bits per heavy atom. The molecular formula is C16H15F6N5O2. The van der Waals surface area contributed by atoms with E-state index in [1.165, 1.54) is 19.2 Å². The van der Waals surface area contributed by atoms with Crippen LogP contribution < -0.4 is 5.73 Å². The first kappa shape index (κ1) is 20.9. The third-order valence-corrected chi connectivity index (χ3v) is 3.81. The second kappa shape index (κ2) is 7.89. The normalized spacial score (nSPS) is 14.7. The molecule has 1 saturated carbocycles. The maximum Gasteiger partial charge on any atom is 0.411 e. The number of hydrogen-bond donors (Lipinski definition) is 2. The van der Waals surface area contributed by atoms with Crippen LogP contribution in [-0.2, 0) is 4.74 Å². The summed E-state index contributed by atoms with van der Waals surface area (Å²) in [5.41, 5.74) is 8.27. The van der Waals surface area contributed by atoms with E-state index in [4.69, 9.17) is 10.3 Å². The number of fused-ring (bicyclic) bond motifs is 1. The van der Waals surface area contributed by atoms with Crippen molar-refractivity contribution in [2.45, 2.75) is 31.1 Å². The molecule has 0 spiro atoms. The first-order valence-corrected chi connectivity index (χ1v) is 8.29. The Kier molecular flexibility index (Phi) is 5.68. The van der Waals surface area contributed by atoms with Gasteiger partial charge in [0.2, 0.25) is 0 Å². The average Bonchev–Trinajstić information content (AvgIpc) is 3.15. The van der Waals surface area contributed by atoms with E-state index in [9.17, 15) is 26.3 Å². The number of H-pyrrole nitrogens is 1. The number of nitrogens with zero attached hydrogens (tertiary/aromatic N) is 3. The molecule has 0 atom stereocenters. The van der Waals surface area contributed by atoms with E-state index < -0.39 is 25.6 Å². The highest BCUT2D eigenvalue weighted by atomic mass is 19.4. The zero-order chi connectivity index (χ0) is 21.2. The van der Waals surface area contributed by atoms with E-state index in [-0.39, 0.29) is 0 Å². The van der Waals surface area contributed by atoms with Crippen LogP contribution >= 0.6 is 0 Å². The Morgan fingerprint density at radius 2 is 1.76 bits per heavy atom. The molecule has 29 heavy (non-hydrogen) atoms. The third kappa shape index (κ3) is 5.82. The van der Waals surface area contributed by atoms with E-state index in [0.29, 0.717) is 17.4 Å². The van der Waals surface area contributed by atoms with Crippen molar-refractivity contribution in [3.05, 3.63) is 24.4 Å². The molecule has 0 radical (unpaired) electrons. The number of rotatable bonds is 4. The van der Waals surface area contributed by atoms with E-state index in [0.717, 1.165) is 22.4 Å². The highest BCUT2D eigenvalue weighted by Gasteiger charge is 2.33. The SMILES string of the molecule is FC(F)(F)COCC(F)(F)F.Nc1ncnc2[nH]cc(-c3cc(C4CC4)on3)c12. The second-order valence-electron chi connectivity index (χ2n) is 6.30. The molecule has 1 fully saturated rings. The molecule has 7 nitrogen and oxygen atoms in total. The minimum atomic E-state index is -4.70. The molecule has 0 saturated heterocycles. The summed E-state index contributed by atoms with van der Waals surface area (Å²) < 4.78 is 75.5. The lowest BCUT2D eigenvalue weighted by Crippen LogP contribution is -2.23. The number of alkyl halides is 6. The van der Waals surface area contributed by atoms with Gasteiger partial charge in [-0.05, 0) is 12.8 Å². The molecule has 3 N–H and O–H groups in total. The fraction of sp³-hybridized carbons (Fsp3) is 0.438. The molecule has 0 unspecified atom stereocenters. The van der Waals surface area contributed by atoms with E-state index in [1.54, 1.807) is 0 Å². The highest BCUT2D eigenvalue weighted by molar-refractivity contribution is 5.99. The quantitative estimate of drug-likeness (QED) is 0.610. The van der Waals surface area contributed by atoms with Crippen LogP contribution in [0.1, 0.15) is 24.5 Å². The molecular weight excluding hydrogens is 408 g/mol. The zero-order valence-corrected chi connectivity index (χ0v) is 14.6. The summed E-state index contributed by atoms with van der Waals surface area (Å²) in [5.74, 6) is 1.95. The number of nitrogens with one attached hydrogen (secondary N) is 1. The van der Waals surface area contributed by atoms with Gasteiger partial charge in [0.05, 0.1) is 5.39 Å². The predicted molar refractivity (Wildman–Crippen MR) is 88.7 cm³/mol. The van der Waals surface area contributed by atoms with E-state index >= 15 is 0 Å². The molecule has 0 aromatic carbocycles. The van der Waals surface area contributed by atoms with Gasteiger partial charge in [0.15, 0.2) is 0 Å². The van der Waals surface area contributed by atoms with Crippen molar-refractivity contribution in [1.82, 2.24) is 20.1 Å². The van der Waals surface area contributed by atoms with Gasteiger partial charge in [-0.2, -0.15) is 26.3 Å². The molecule has 13 heteroatoms. The Morgan fingerprint density at radius 1 is 1.10 bits per heavy atom. The van der Waals surface area contributed by atoms with Crippen LogP contribution in [-0.4, -0.2) is 45.7 Å². The Labute approximate surface area is 159 Å². The van der Waals surface area contributed by atoms with Crippen molar-refractivity contribution >= 4 is 16.9 Å². The van der Waals surface area contributed by atoms with Crippen molar-refractivity contribution < 1.29 is 35.6 Å². The van der Waals surface area contributed by atoms with Crippen LogP contribution in [0.25, 0.3) is 22.3 Å². The molecule has 1 aliphatic carbocycles. The van der Waals surface area contributed by atoms with Crippen LogP contribution in [0.5, 0.6) is 0 Å². The number of nitrogen functional groups attached to an aromatic ring is 1. The van der Waals surface area contributed by atoms with E-state index in [2.05, 4.69) is 24.8 Å². The Balaban J connectivity index is 0.000000191. The number of aromatic nitrogens is 4. The van der Waals surface area contributed by atoms with Crippen LogP contribution in [0, 0.1) is 0 Å². The van der Waals surface area contributed by atoms with Crippen LogP contribution in [0.4, 0.5) is 32.2 Å². The number of aromatic amines is 1. The average molecular weight is 423 g/mol. The number of halogens is 6. The Bertz CT molecular complexity index is 947. The fourth-order valence-electron chi connectivity index (χ4n) is 2.45. The molecule has 0 bridgehead atoms. The summed E-state index contributed by atoms with van der Waals surface area (Å²) in [6, 6.07) is 1.98. The van der Waals surface area contributed by atoms with Crippen molar-refractivity contribution in [3.63, 3.8) is 0 Å². The number of anilines is 1. The molecule has 3 aromatic heterocycles. The van der Waals surface area contributed by atoms with Gasteiger partial charge in [-0.15, -0.1) is 0 Å². The summed E-state index contributed by atoms with van der Waals surface area (Å²) in [6.45, 7) is -3.74. The monoisotopic (exact) mass is 423 g/mol. The molecule has 3 aromatic rings. The molecule has 4 rings (SSSR count). The number of hydrogen-bond acceptors (Lipinski definition) is 6. The van der Waals surface area contributed by atoms with Gasteiger partial charge in [-0.3, -0.25) is 0 Å². The molecule has 0 amide bonds. The van der Waals surface area contributed by atoms with Gasteiger partial charge in [0, 0.05) is 23.7 Å². The first-order chi connectivity index (χ1) is 13.5. The molecule has 3 heterocycles. The maximum atomic E-state index is 11.1. The standard InChI is InChI=1S/C12H11N5O.C4H4F6O/c13-11-10-7(4-14-12(10)16-5-15-11)8-3-9(18-17-8)6-1-2-6;5-3(6,7)1-11-2-4(8,9)10/h3-6H,1-2H2,(H3,13,14,15,16);1-2H2. The summed E-state index contributed by atoms with van der Waals surface area (Å²) >= 11 is 0. The minimum absolute atomic E-state index is 0.451. The van der Waals surface area contributed by atoms with Crippen LogP contribution in [0.2, 0.25) is 0 Å². The molecule has 158 valence electrons. The number of ether oxygens (including phenoxy) is 1. The lowest BCUT2D eigenvalue weighted by atomic mass is 10.1. The smallest absolute Gasteiger partial charge is 0.383 e. The topological polar surface area (TPSA) is 103 Å². The van der Waals surface area contributed by atoms with Crippen molar-refractivity contribution in [1.29, 1.82) is 0 Å². The lowest BCUT2D eigenvalue weighted by molar-refractivity contribution is -0.219. The summed E-state index contributed by atoms with van der Waals surface area (Å²) in [5, 5.41) is 4.90. The Hall–Kier alpha value is -2.83. The van der Waals surface area contributed by atoms with Crippen LogP contribution in [0.15, 0.2) is 23.1 Å². The lowest BCUT2D eigenvalue weighted by Gasteiger charge is -2.09. The van der Waals surface area contributed by atoms with Crippen LogP contribution in [0.3, 0.4) is 0 Å². The number of nitrogens with two attached hydrogens (primary N) is 1. The third-order valence-electron chi connectivity index (χ3n) is 3.81. The highest BCUT2D eigenvalue weighted by Crippen LogP contribution is 2.41. The van der Waals surface area contributed by atoms with Gasteiger partial charge in [0.25, 0.3) is 0 Å².